The van der Waals surface area contributed by atoms with Gasteiger partial charge in [-0.05, 0) is 63.3 Å². The summed E-state index contributed by atoms with van der Waals surface area (Å²) in [7, 11) is 0. The van der Waals surface area contributed by atoms with Crippen LogP contribution in [0.2, 0.25) is 0 Å². The van der Waals surface area contributed by atoms with E-state index in [1.807, 2.05) is 11.3 Å². The molecule has 106 valence electrons. The standard InChI is InChI=1S/C18H23NS/c1-12-4-6-15-7-9-18(17(15)10-12)19-13(2)11-16-8-5-14(3)20-16/h4-6,8,10,13,18-19H,7,9,11H2,1-3H3. The summed E-state index contributed by atoms with van der Waals surface area (Å²) in [5.74, 6) is 0. The van der Waals surface area contributed by atoms with E-state index in [9.17, 15) is 0 Å². The van der Waals surface area contributed by atoms with Crippen LogP contribution >= 0.6 is 11.3 Å². The smallest absolute Gasteiger partial charge is 0.0328 e. The molecule has 0 spiro atoms. The fraction of sp³-hybridized carbons (Fsp3) is 0.444. The van der Waals surface area contributed by atoms with E-state index in [4.69, 9.17) is 0 Å². The van der Waals surface area contributed by atoms with Gasteiger partial charge in [-0.15, -0.1) is 11.3 Å². The quantitative estimate of drug-likeness (QED) is 0.867. The molecule has 1 aliphatic carbocycles. The number of hydrogen-bond donors (Lipinski definition) is 1. The minimum Gasteiger partial charge on any atom is -0.307 e. The zero-order valence-electron chi connectivity index (χ0n) is 12.6. The summed E-state index contributed by atoms with van der Waals surface area (Å²) in [6.45, 7) is 6.68. The van der Waals surface area contributed by atoms with Gasteiger partial charge < -0.3 is 5.32 Å². The van der Waals surface area contributed by atoms with Crippen LogP contribution < -0.4 is 5.32 Å². The molecular weight excluding hydrogens is 262 g/mol. The van der Waals surface area contributed by atoms with Crippen LogP contribution in [0.1, 0.15) is 45.8 Å². The fourth-order valence-electron chi connectivity index (χ4n) is 3.19. The van der Waals surface area contributed by atoms with Crippen molar-refractivity contribution in [2.45, 2.75) is 52.1 Å². The zero-order valence-corrected chi connectivity index (χ0v) is 13.4. The summed E-state index contributed by atoms with van der Waals surface area (Å²) in [5, 5.41) is 3.83. The zero-order chi connectivity index (χ0) is 14.1. The van der Waals surface area contributed by atoms with E-state index in [0.717, 1.165) is 6.42 Å². The lowest BCUT2D eigenvalue weighted by atomic mass is 10.0. The Labute approximate surface area is 126 Å². The van der Waals surface area contributed by atoms with Crippen molar-refractivity contribution in [2.75, 3.05) is 0 Å². The van der Waals surface area contributed by atoms with Gasteiger partial charge in [0.2, 0.25) is 0 Å². The molecular formula is C18H23NS. The maximum absolute atomic E-state index is 3.83. The summed E-state index contributed by atoms with van der Waals surface area (Å²) < 4.78 is 0. The summed E-state index contributed by atoms with van der Waals surface area (Å²) in [5.41, 5.74) is 4.44. The molecule has 1 N–H and O–H groups in total. The Hall–Kier alpha value is -1.12. The predicted octanol–water partition coefficient (Wildman–Crippen LogP) is 4.57. The second kappa shape index (κ2) is 5.71. The summed E-state index contributed by atoms with van der Waals surface area (Å²) in [4.78, 5) is 2.90. The van der Waals surface area contributed by atoms with E-state index < -0.39 is 0 Å². The average Bonchev–Trinajstić information content (AvgIpc) is 2.97. The Morgan fingerprint density at radius 1 is 1.25 bits per heavy atom. The van der Waals surface area contributed by atoms with Gasteiger partial charge in [-0.2, -0.15) is 0 Å². The van der Waals surface area contributed by atoms with Crippen LogP contribution in [0.25, 0.3) is 0 Å². The van der Waals surface area contributed by atoms with E-state index in [-0.39, 0.29) is 0 Å². The van der Waals surface area contributed by atoms with Crippen molar-refractivity contribution in [2.24, 2.45) is 0 Å². The van der Waals surface area contributed by atoms with Gasteiger partial charge in [0.1, 0.15) is 0 Å². The van der Waals surface area contributed by atoms with Crippen molar-refractivity contribution in [3.05, 3.63) is 56.8 Å². The third kappa shape index (κ3) is 2.97. The highest BCUT2D eigenvalue weighted by molar-refractivity contribution is 7.11. The first-order chi connectivity index (χ1) is 9.61. The van der Waals surface area contributed by atoms with Gasteiger partial charge in [0.25, 0.3) is 0 Å². The molecule has 1 aromatic carbocycles. The van der Waals surface area contributed by atoms with Gasteiger partial charge in [0.15, 0.2) is 0 Å². The lowest BCUT2D eigenvalue weighted by Crippen LogP contribution is -2.30. The molecule has 1 nitrogen and oxygen atoms in total. The van der Waals surface area contributed by atoms with E-state index in [2.05, 4.69) is 56.4 Å². The monoisotopic (exact) mass is 285 g/mol. The SMILES string of the molecule is Cc1ccc2c(c1)C(NC(C)Cc1ccc(C)s1)CC2. The largest absolute Gasteiger partial charge is 0.307 e. The maximum atomic E-state index is 3.83. The number of benzene rings is 1. The predicted molar refractivity (Wildman–Crippen MR) is 87.6 cm³/mol. The Morgan fingerprint density at radius 3 is 2.85 bits per heavy atom. The van der Waals surface area contributed by atoms with Gasteiger partial charge in [0.05, 0.1) is 0 Å². The molecule has 0 aliphatic heterocycles. The minimum absolute atomic E-state index is 0.532. The molecule has 1 aromatic heterocycles. The molecule has 0 fully saturated rings. The van der Waals surface area contributed by atoms with Crippen LogP contribution in [0, 0.1) is 13.8 Å². The van der Waals surface area contributed by atoms with Gasteiger partial charge in [-0.1, -0.05) is 23.8 Å². The Kier molecular flexibility index (Phi) is 3.95. The van der Waals surface area contributed by atoms with E-state index >= 15 is 0 Å². The molecule has 0 amide bonds. The van der Waals surface area contributed by atoms with Crippen LogP contribution in [-0.2, 0) is 12.8 Å². The lowest BCUT2D eigenvalue weighted by Gasteiger charge is -2.20. The van der Waals surface area contributed by atoms with Crippen LogP contribution in [0.3, 0.4) is 0 Å². The number of rotatable bonds is 4. The fourth-order valence-corrected chi connectivity index (χ4v) is 4.21. The van der Waals surface area contributed by atoms with Crippen LogP contribution in [0.5, 0.6) is 0 Å². The Bertz CT molecular complexity index is 599. The van der Waals surface area contributed by atoms with Crippen molar-refractivity contribution in [1.82, 2.24) is 5.32 Å². The minimum atomic E-state index is 0.532. The van der Waals surface area contributed by atoms with E-state index in [1.54, 1.807) is 0 Å². The second-order valence-electron chi connectivity index (χ2n) is 6.08. The first kappa shape index (κ1) is 13.8. The molecule has 2 aromatic rings. The molecule has 0 radical (unpaired) electrons. The molecule has 1 aliphatic rings. The molecule has 3 rings (SSSR count). The molecule has 0 saturated heterocycles. The number of fused-ring (bicyclic) bond motifs is 1. The first-order valence-corrected chi connectivity index (χ1v) is 8.34. The number of thiophene rings is 1. The van der Waals surface area contributed by atoms with E-state index in [1.165, 1.54) is 39.3 Å². The summed E-state index contributed by atoms with van der Waals surface area (Å²) in [6.07, 6.45) is 3.60. The maximum Gasteiger partial charge on any atom is 0.0328 e. The summed E-state index contributed by atoms with van der Waals surface area (Å²) in [6, 6.07) is 12.5. The van der Waals surface area contributed by atoms with Gasteiger partial charge in [-0.25, -0.2) is 0 Å². The Balaban J connectivity index is 1.66. The molecule has 0 bridgehead atoms. The average molecular weight is 285 g/mol. The van der Waals surface area contributed by atoms with Crippen LogP contribution in [0.15, 0.2) is 30.3 Å². The van der Waals surface area contributed by atoms with E-state index in [0.29, 0.717) is 12.1 Å². The molecule has 0 saturated carbocycles. The second-order valence-corrected chi connectivity index (χ2v) is 7.45. The van der Waals surface area contributed by atoms with Crippen molar-refractivity contribution < 1.29 is 0 Å². The highest BCUT2D eigenvalue weighted by Crippen LogP contribution is 2.32. The van der Waals surface area contributed by atoms with Crippen molar-refractivity contribution >= 4 is 11.3 Å². The Morgan fingerprint density at radius 2 is 2.10 bits per heavy atom. The van der Waals surface area contributed by atoms with Crippen molar-refractivity contribution in [1.29, 1.82) is 0 Å². The van der Waals surface area contributed by atoms with Crippen molar-refractivity contribution in [3.8, 4) is 0 Å². The van der Waals surface area contributed by atoms with Crippen LogP contribution in [0.4, 0.5) is 0 Å². The third-order valence-corrected chi connectivity index (χ3v) is 5.19. The number of hydrogen-bond acceptors (Lipinski definition) is 2. The molecule has 2 heteroatoms. The highest BCUT2D eigenvalue weighted by atomic mass is 32.1. The van der Waals surface area contributed by atoms with Crippen molar-refractivity contribution in [3.63, 3.8) is 0 Å². The van der Waals surface area contributed by atoms with Gasteiger partial charge in [0, 0.05) is 21.8 Å². The van der Waals surface area contributed by atoms with Crippen LogP contribution in [-0.4, -0.2) is 6.04 Å². The third-order valence-electron chi connectivity index (χ3n) is 4.17. The van der Waals surface area contributed by atoms with Gasteiger partial charge in [-0.3, -0.25) is 0 Å². The first-order valence-electron chi connectivity index (χ1n) is 7.52. The number of nitrogens with one attached hydrogen (secondary N) is 1. The van der Waals surface area contributed by atoms with Gasteiger partial charge >= 0.3 is 0 Å². The topological polar surface area (TPSA) is 12.0 Å². The molecule has 20 heavy (non-hydrogen) atoms. The lowest BCUT2D eigenvalue weighted by molar-refractivity contribution is 0.453. The molecule has 2 atom stereocenters. The number of aryl methyl sites for hydroxylation is 3. The molecule has 1 heterocycles. The highest BCUT2D eigenvalue weighted by Gasteiger charge is 2.23. The molecule has 2 unspecified atom stereocenters. The normalized spacial score (nSPS) is 19.1. The summed E-state index contributed by atoms with van der Waals surface area (Å²) >= 11 is 1.92.